The maximum Gasteiger partial charge on any atom is 0.138 e. The highest BCUT2D eigenvalue weighted by molar-refractivity contribution is 9.10. The van der Waals surface area contributed by atoms with Crippen LogP contribution in [0.5, 0.6) is 5.75 Å². The molecule has 1 heterocycles. The van der Waals surface area contributed by atoms with Crippen molar-refractivity contribution >= 4 is 39.0 Å². The maximum absolute atomic E-state index is 6.20. The first-order chi connectivity index (χ1) is 9.92. The van der Waals surface area contributed by atoms with Crippen LogP contribution in [0.2, 0.25) is 5.15 Å². The Morgan fingerprint density at radius 1 is 1.29 bits per heavy atom. The lowest BCUT2D eigenvalue weighted by molar-refractivity contribution is 0.415. The predicted molar refractivity (Wildman–Crippen MR) is 89.8 cm³/mol. The summed E-state index contributed by atoms with van der Waals surface area (Å²) in [6.45, 7) is 5.96. The Balaban J connectivity index is 2.43. The number of rotatable bonds is 4. The summed E-state index contributed by atoms with van der Waals surface area (Å²) < 4.78 is 6.16. The van der Waals surface area contributed by atoms with Gasteiger partial charge in [-0.1, -0.05) is 25.4 Å². The molecule has 0 fully saturated rings. The number of nitrogens with zero attached hydrogens (tertiary/aromatic N) is 2. The van der Waals surface area contributed by atoms with Crippen LogP contribution in [0.3, 0.4) is 0 Å². The van der Waals surface area contributed by atoms with Gasteiger partial charge in [0, 0.05) is 22.0 Å². The van der Waals surface area contributed by atoms with E-state index in [1.54, 1.807) is 7.11 Å². The summed E-state index contributed by atoms with van der Waals surface area (Å²) in [5, 5.41) is 3.76. The Hall–Kier alpha value is -1.33. The van der Waals surface area contributed by atoms with Crippen LogP contribution in [0.4, 0.5) is 11.5 Å². The zero-order valence-electron chi connectivity index (χ0n) is 12.4. The SMILES string of the molecule is COc1ccc(Br)c(Nc2nc(C(C)C)nc(Cl)c2C)c1. The molecule has 0 aliphatic rings. The monoisotopic (exact) mass is 369 g/mol. The molecule has 1 N–H and O–H groups in total. The van der Waals surface area contributed by atoms with Gasteiger partial charge in [-0.3, -0.25) is 0 Å². The molecule has 0 saturated heterocycles. The van der Waals surface area contributed by atoms with E-state index < -0.39 is 0 Å². The van der Waals surface area contributed by atoms with Crippen molar-refractivity contribution in [3.63, 3.8) is 0 Å². The Kier molecular flexibility index (Phi) is 5.06. The summed E-state index contributed by atoms with van der Waals surface area (Å²) in [5.41, 5.74) is 1.68. The Bertz CT molecular complexity index is 662. The van der Waals surface area contributed by atoms with E-state index in [1.807, 2.05) is 39.0 Å². The quantitative estimate of drug-likeness (QED) is 0.763. The Morgan fingerprint density at radius 3 is 2.62 bits per heavy atom. The molecule has 1 aromatic heterocycles. The Morgan fingerprint density at radius 2 is 2.00 bits per heavy atom. The summed E-state index contributed by atoms with van der Waals surface area (Å²) in [5.74, 6) is 2.39. The maximum atomic E-state index is 6.20. The van der Waals surface area contributed by atoms with E-state index in [9.17, 15) is 0 Å². The van der Waals surface area contributed by atoms with Gasteiger partial charge in [-0.2, -0.15) is 0 Å². The summed E-state index contributed by atoms with van der Waals surface area (Å²) >= 11 is 9.71. The largest absolute Gasteiger partial charge is 0.497 e. The van der Waals surface area contributed by atoms with Gasteiger partial charge in [0.05, 0.1) is 12.8 Å². The van der Waals surface area contributed by atoms with Crippen LogP contribution in [0.15, 0.2) is 22.7 Å². The average Bonchev–Trinajstić information content (AvgIpc) is 2.45. The molecule has 4 nitrogen and oxygen atoms in total. The lowest BCUT2D eigenvalue weighted by atomic mass is 10.2. The summed E-state index contributed by atoms with van der Waals surface area (Å²) in [6, 6.07) is 5.70. The van der Waals surface area contributed by atoms with Gasteiger partial charge in [-0.15, -0.1) is 0 Å². The molecule has 1 aromatic carbocycles. The van der Waals surface area contributed by atoms with E-state index in [2.05, 4.69) is 31.2 Å². The van der Waals surface area contributed by atoms with Gasteiger partial charge in [0.1, 0.15) is 22.5 Å². The van der Waals surface area contributed by atoms with Crippen molar-refractivity contribution in [3.8, 4) is 5.75 Å². The van der Waals surface area contributed by atoms with Crippen LogP contribution in [-0.4, -0.2) is 17.1 Å². The van der Waals surface area contributed by atoms with Gasteiger partial charge in [0.25, 0.3) is 0 Å². The van der Waals surface area contributed by atoms with Crippen LogP contribution >= 0.6 is 27.5 Å². The molecule has 6 heteroatoms. The van der Waals surface area contributed by atoms with Gasteiger partial charge < -0.3 is 10.1 Å². The Labute approximate surface area is 138 Å². The summed E-state index contributed by atoms with van der Waals surface area (Å²) in [6.07, 6.45) is 0. The molecule has 2 aromatic rings. The van der Waals surface area contributed by atoms with E-state index in [0.29, 0.717) is 16.8 Å². The first-order valence-corrected chi connectivity index (χ1v) is 7.74. The molecule has 0 radical (unpaired) electrons. The highest BCUT2D eigenvalue weighted by Crippen LogP contribution is 2.32. The van der Waals surface area contributed by atoms with Crippen LogP contribution in [0.25, 0.3) is 0 Å². The van der Waals surface area contributed by atoms with Gasteiger partial charge in [-0.05, 0) is 35.0 Å². The van der Waals surface area contributed by atoms with Gasteiger partial charge >= 0.3 is 0 Å². The molecule has 0 aliphatic carbocycles. The second kappa shape index (κ2) is 6.62. The number of methoxy groups -OCH3 is 1. The number of hydrogen-bond donors (Lipinski definition) is 1. The third-order valence-corrected chi connectivity index (χ3v) is 4.11. The van der Waals surface area contributed by atoms with E-state index in [4.69, 9.17) is 16.3 Å². The van der Waals surface area contributed by atoms with Crippen molar-refractivity contribution in [2.75, 3.05) is 12.4 Å². The molecule has 0 unspecified atom stereocenters. The number of benzene rings is 1. The normalized spacial score (nSPS) is 10.8. The first-order valence-electron chi connectivity index (χ1n) is 6.57. The minimum Gasteiger partial charge on any atom is -0.497 e. The summed E-state index contributed by atoms with van der Waals surface area (Å²) in [7, 11) is 1.64. The van der Waals surface area contributed by atoms with Crippen molar-refractivity contribution in [1.29, 1.82) is 0 Å². The fourth-order valence-electron chi connectivity index (χ4n) is 1.74. The fourth-order valence-corrected chi connectivity index (χ4v) is 2.26. The molecule has 112 valence electrons. The first kappa shape index (κ1) is 16.0. The smallest absolute Gasteiger partial charge is 0.138 e. The molecule has 0 spiro atoms. The lowest BCUT2D eigenvalue weighted by Crippen LogP contribution is -2.05. The van der Waals surface area contributed by atoms with E-state index >= 15 is 0 Å². The number of hydrogen-bond acceptors (Lipinski definition) is 4. The molecular weight excluding hydrogens is 354 g/mol. The van der Waals surface area contributed by atoms with Crippen LogP contribution in [0, 0.1) is 6.92 Å². The highest BCUT2D eigenvalue weighted by atomic mass is 79.9. The van der Waals surface area contributed by atoms with E-state index in [1.165, 1.54) is 0 Å². The van der Waals surface area contributed by atoms with Crippen molar-refractivity contribution in [2.45, 2.75) is 26.7 Å². The lowest BCUT2D eigenvalue weighted by Gasteiger charge is -2.14. The van der Waals surface area contributed by atoms with Gasteiger partial charge in [-0.25, -0.2) is 9.97 Å². The molecule has 0 bridgehead atoms. The highest BCUT2D eigenvalue weighted by Gasteiger charge is 2.13. The number of halogens is 2. The van der Waals surface area contributed by atoms with Crippen molar-refractivity contribution < 1.29 is 4.74 Å². The minimum absolute atomic E-state index is 0.206. The van der Waals surface area contributed by atoms with Crippen LogP contribution in [-0.2, 0) is 0 Å². The minimum atomic E-state index is 0.206. The number of nitrogens with one attached hydrogen (secondary N) is 1. The number of ether oxygens (including phenoxy) is 1. The number of anilines is 2. The predicted octanol–water partition coefficient (Wildman–Crippen LogP) is 5.08. The van der Waals surface area contributed by atoms with Crippen LogP contribution in [0.1, 0.15) is 31.2 Å². The standard InChI is InChI=1S/C15H17BrClN3O/c1-8(2)14-19-13(17)9(3)15(20-14)18-12-7-10(21-4)5-6-11(12)16/h5-8H,1-4H3,(H,18,19,20). The molecule has 2 rings (SSSR count). The number of aromatic nitrogens is 2. The average molecular weight is 371 g/mol. The molecule has 0 amide bonds. The zero-order chi connectivity index (χ0) is 15.6. The van der Waals surface area contributed by atoms with Crippen molar-refractivity contribution in [3.05, 3.63) is 39.2 Å². The van der Waals surface area contributed by atoms with Crippen LogP contribution < -0.4 is 10.1 Å². The second-order valence-corrected chi connectivity index (χ2v) is 6.18. The third kappa shape index (κ3) is 3.66. The molecule has 0 atom stereocenters. The zero-order valence-corrected chi connectivity index (χ0v) is 14.7. The fraction of sp³-hybridized carbons (Fsp3) is 0.333. The molecule has 0 saturated carbocycles. The van der Waals surface area contributed by atoms with E-state index in [0.717, 1.165) is 21.5 Å². The third-order valence-electron chi connectivity index (χ3n) is 3.05. The van der Waals surface area contributed by atoms with E-state index in [-0.39, 0.29) is 5.92 Å². The summed E-state index contributed by atoms with van der Waals surface area (Å²) in [4.78, 5) is 8.86. The second-order valence-electron chi connectivity index (χ2n) is 4.97. The molecular formula is C15H17BrClN3O. The van der Waals surface area contributed by atoms with Gasteiger partial charge in [0.2, 0.25) is 0 Å². The molecule has 0 aliphatic heterocycles. The van der Waals surface area contributed by atoms with Crippen molar-refractivity contribution in [1.82, 2.24) is 9.97 Å². The van der Waals surface area contributed by atoms with Gasteiger partial charge in [0.15, 0.2) is 0 Å². The van der Waals surface area contributed by atoms with Crippen molar-refractivity contribution in [2.24, 2.45) is 0 Å². The molecule has 21 heavy (non-hydrogen) atoms. The topological polar surface area (TPSA) is 47.0 Å².